The predicted octanol–water partition coefficient (Wildman–Crippen LogP) is 3.31. The summed E-state index contributed by atoms with van der Waals surface area (Å²) in [5.74, 6) is -5.96. The molecule has 0 heterocycles. The second-order valence-electron chi connectivity index (χ2n) is 5.67. The predicted molar refractivity (Wildman–Crippen MR) is 95.9 cm³/mol. The Bertz CT molecular complexity index is 935. The number of rotatable bonds is 7. The molecule has 2 aromatic rings. The Morgan fingerprint density at radius 2 is 1.48 bits per heavy atom. The van der Waals surface area contributed by atoms with Gasteiger partial charge < -0.3 is 24.3 Å². The van der Waals surface area contributed by atoms with Crippen LogP contribution in [0.25, 0.3) is 0 Å². The second-order valence-corrected chi connectivity index (χ2v) is 5.67. The molecule has 2 rings (SSSR count). The maximum absolute atomic E-state index is 13.7. The summed E-state index contributed by atoms with van der Waals surface area (Å²) in [6.45, 7) is 1.22. The quantitative estimate of drug-likeness (QED) is 0.554. The summed E-state index contributed by atoms with van der Waals surface area (Å²) < 4.78 is 60.3. The van der Waals surface area contributed by atoms with E-state index in [1.807, 2.05) is 5.32 Å². The van der Waals surface area contributed by atoms with Crippen molar-refractivity contribution in [1.29, 1.82) is 0 Å². The normalized spacial score (nSPS) is 11.4. The first kappa shape index (κ1) is 21.9. The highest BCUT2D eigenvalue weighted by Crippen LogP contribution is 2.35. The number of hydrogen-bond acceptors (Lipinski definition) is 6. The topological polar surface area (TPSA) is 83.1 Å². The van der Waals surface area contributed by atoms with Crippen LogP contribution in [0.4, 0.5) is 18.9 Å². The van der Waals surface area contributed by atoms with Crippen LogP contribution in [0.15, 0.2) is 24.3 Å². The molecule has 2 aromatic carbocycles. The fraction of sp³-hybridized carbons (Fsp3) is 0.263. The van der Waals surface area contributed by atoms with E-state index >= 15 is 0 Å². The molecule has 29 heavy (non-hydrogen) atoms. The smallest absolute Gasteiger partial charge is 0.342 e. The molecule has 0 spiro atoms. The lowest BCUT2D eigenvalue weighted by atomic mass is 10.1. The first-order valence-corrected chi connectivity index (χ1v) is 8.18. The minimum atomic E-state index is -1.73. The van der Waals surface area contributed by atoms with Gasteiger partial charge in [-0.1, -0.05) is 0 Å². The molecule has 1 unspecified atom stereocenters. The lowest BCUT2D eigenvalue weighted by molar-refractivity contribution is -0.123. The van der Waals surface area contributed by atoms with Crippen molar-refractivity contribution in [2.75, 3.05) is 26.6 Å². The van der Waals surface area contributed by atoms with E-state index in [9.17, 15) is 22.8 Å². The number of carbonyl (C=O) groups is 2. The van der Waals surface area contributed by atoms with Crippen molar-refractivity contribution in [3.05, 3.63) is 47.3 Å². The van der Waals surface area contributed by atoms with Gasteiger partial charge in [-0.2, -0.15) is 0 Å². The third kappa shape index (κ3) is 4.71. The maximum atomic E-state index is 13.7. The van der Waals surface area contributed by atoms with Crippen molar-refractivity contribution in [1.82, 2.24) is 0 Å². The Morgan fingerprint density at radius 3 is 2.07 bits per heavy atom. The average Bonchev–Trinajstić information content (AvgIpc) is 2.72. The number of ether oxygens (including phenoxy) is 4. The molecule has 1 atom stereocenters. The minimum Gasteiger partial charge on any atom is -0.496 e. The summed E-state index contributed by atoms with van der Waals surface area (Å²) >= 11 is 0. The molecule has 0 aliphatic rings. The van der Waals surface area contributed by atoms with Crippen molar-refractivity contribution < 1.29 is 41.7 Å². The van der Waals surface area contributed by atoms with E-state index in [-0.39, 0.29) is 17.1 Å². The zero-order chi connectivity index (χ0) is 21.7. The van der Waals surface area contributed by atoms with Crippen LogP contribution in [0, 0.1) is 17.5 Å². The summed E-state index contributed by atoms with van der Waals surface area (Å²) in [4.78, 5) is 24.6. The second kappa shape index (κ2) is 9.18. The minimum absolute atomic E-state index is 0.0520. The number of halogens is 3. The summed E-state index contributed by atoms with van der Waals surface area (Å²) in [5.41, 5.74) is -0.649. The number of hydrogen-bond donors (Lipinski definition) is 1. The lowest BCUT2D eigenvalue weighted by Crippen LogP contribution is -2.30. The molecule has 10 heteroatoms. The van der Waals surface area contributed by atoms with Gasteiger partial charge in [0.15, 0.2) is 35.1 Å². The largest absolute Gasteiger partial charge is 0.496 e. The van der Waals surface area contributed by atoms with Gasteiger partial charge >= 0.3 is 5.97 Å². The third-order valence-corrected chi connectivity index (χ3v) is 3.87. The molecule has 1 amide bonds. The van der Waals surface area contributed by atoms with Crippen LogP contribution in [0.1, 0.15) is 17.3 Å². The van der Waals surface area contributed by atoms with Gasteiger partial charge in [0.05, 0.1) is 27.0 Å². The van der Waals surface area contributed by atoms with Gasteiger partial charge in [0.1, 0.15) is 11.3 Å². The van der Waals surface area contributed by atoms with Gasteiger partial charge in [0.2, 0.25) is 0 Å². The monoisotopic (exact) mass is 413 g/mol. The van der Waals surface area contributed by atoms with Gasteiger partial charge in [-0.15, -0.1) is 0 Å². The molecule has 0 saturated heterocycles. The zero-order valence-electron chi connectivity index (χ0n) is 16.0. The Kier molecular flexibility index (Phi) is 6.92. The molecule has 0 saturated carbocycles. The fourth-order valence-corrected chi connectivity index (χ4v) is 2.32. The SMILES string of the molecule is COc1cc(OC)c(C(=O)OC(C)C(=O)Nc2ccc(F)c(F)c2F)cc1OC. The molecule has 0 fully saturated rings. The fourth-order valence-electron chi connectivity index (χ4n) is 2.32. The Labute approximate surface area is 164 Å². The number of methoxy groups -OCH3 is 3. The van der Waals surface area contributed by atoms with Gasteiger partial charge in [-0.25, -0.2) is 18.0 Å². The van der Waals surface area contributed by atoms with Crippen LogP contribution < -0.4 is 19.5 Å². The summed E-state index contributed by atoms with van der Waals surface area (Å²) in [6, 6.07) is 4.20. The van der Waals surface area contributed by atoms with Crippen LogP contribution >= 0.6 is 0 Å². The lowest BCUT2D eigenvalue weighted by Gasteiger charge is -2.16. The molecular weight excluding hydrogens is 395 g/mol. The van der Waals surface area contributed by atoms with E-state index in [4.69, 9.17) is 18.9 Å². The molecule has 0 aromatic heterocycles. The van der Waals surface area contributed by atoms with Crippen molar-refractivity contribution in [2.45, 2.75) is 13.0 Å². The van der Waals surface area contributed by atoms with E-state index in [2.05, 4.69) is 0 Å². The Morgan fingerprint density at radius 1 is 0.897 bits per heavy atom. The maximum Gasteiger partial charge on any atom is 0.342 e. The van der Waals surface area contributed by atoms with Gasteiger partial charge in [0.25, 0.3) is 5.91 Å². The first-order valence-electron chi connectivity index (χ1n) is 8.18. The molecule has 0 aliphatic carbocycles. The Hall–Kier alpha value is -3.43. The highest BCUT2D eigenvalue weighted by Gasteiger charge is 2.25. The third-order valence-electron chi connectivity index (χ3n) is 3.87. The molecule has 0 bridgehead atoms. The molecule has 0 aliphatic heterocycles. The van der Waals surface area contributed by atoms with Gasteiger partial charge in [-0.3, -0.25) is 4.79 Å². The Balaban J connectivity index is 2.18. The van der Waals surface area contributed by atoms with Gasteiger partial charge in [0, 0.05) is 12.1 Å². The van der Waals surface area contributed by atoms with Crippen molar-refractivity contribution in [2.24, 2.45) is 0 Å². The van der Waals surface area contributed by atoms with E-state index in [0.29, 0.717) is 11.8 Å². The number of anilines is 1. The highest BCUT2D eigenvalue weighted by molar-refractivity contribution is 5.98. The van der Waals surface area contributed by atoms with E-state index < -0.39 is 41.1 Å². The molecule has 156 valence electrons. The van der Waals surface area contributed by atoms with Crippen molar-refractivity contribution in [3.63, 3.8) is 0 Å². The number of benzene rings is 2. The van der Waals surface area contributed by atoms with Crippen LogP contribution in [-0.4, -0.2) is 39.3 Å². The first-order chi connectivity index (χ1) is 13.7. The van der Waals surface area contributed by atoms with E-state index in [1.54, 1.807) is 0 Å². The number of nitrogens with one attached hydrogen (secondary N) is 1. The standard InChI is InChI=1S/C19H18F3NO6/c1-9(18(24)23-12-6-5-11(20)16(21)17(12)22)29-19(25)10-7-14(27-3)15(28-4)8-13(10)26-2/h5-9H,1-4H3,(H,23,24). The number of amides is 1. The highest BCUT2D eigenvalue weighted by atomic mass is 19.2. The van der Waals surface area contributed by atoms with Gasteiger partial charge in [-0.05, 0) is 19.1 Å². The summed E-state index contributed by atoms with van der Waals surface area (Å²) in [5, 5.41) is 2.03. The van der Waals surface area contributed by atoms with E-state index in [1.165, 1.54) is 40.4 Å². The number of carbonyl (C=O) groups excluding carboxylic acids is 2. The molecular formula is C19H18F3NO6. The van der Waals surface area contributed by atoms with Crippen molar-refractivity contribution >= 4 is 17.6 Å². The zero-order valence-corrected chi connectivity index (χ0v) is 16.0. The molecule has 7 nitrogen and oxygen atoms in total. The molecule has 1 N–H and O–H groups in total. The average molecular weight is 413 g/mol. The van der Waals surface area contributed by atoms with Crippen LogP contribution in [-0.2, 0) is 9.53 Å². The van der Waals surface area contributed by atoms with Crippen LogP contribution in [0.5, 0.6) is 17.2 Å². The summed E-state index contributed by atoms with van der Waals surface area (Å²) in [6.07, 6.45) is -1.40. The number of esters is 1. The van der Waals surface area contributed by atoms with Crippen molar-refractivity contribution in [3.8, 4) is 17.2 Å². The van der Waals surface area contributed by atoms with Crippen LogP contribution in [0.2, 0.25) is 0 Å². The van der Waals surface area contributed by atoms with Crippen LogP contribution in [0.3, 0.4) is 0 Å². The summed E-state index contributed by atoms with van der Waals surface area (Å²) in [7, 11) is 4.09. The van der Waals surface area contributed by atoms with E-state index in [0.717, 1.165) is 6.07 Å². The molecule has 0 radical (unpaired) electrons.